The Labute approximate surface area is 149 Å². The first-order chi connectivity index (χ1) is 12.7. The summed E-state index contributed by atoms with van der Waals surface area (Å²) in [5, 5.41) is 6.87. The summed E-state index contributed by atoms with van der Waals surface area (Å²) in [6.07, 6.45) is 6.85. The lowest BCUT2D eigenvalue weighted by Gasteiger charge is -2.17. The molecule has 3 aromatic rings. The molecule has 0 fully saturated rings. The first-order valence-electron chi connectivity index (χ1n) is 8.08. The van der Waals surface area contributed by atoms with E-state index in [1.165, 1.54) is 6.08 Å². The maximum absolute atomic E-state index is 12.4. The smallest absolute Gasteiger partial charge is 0.262 e. The average molecular weight is 345 g/mol. The highest BCUT2D eigenvalue weighted by Crippen LogP contribution is 2.28. The molecule has 0 saturated carbocycles. The van der Waals surface area contributed by atoms with Crippen LogP contribution in [-0.2, 0) is 4.79 Å². The van der Waals surface area contributed by atoms with Crippen LogP contribution in [0, 0.1) is 0 Å². The highest BCUT2D eigenvalue weighted by molar-refractivity contribution is 6.08. The lowest BCUT2D eigenvalue weighted by atomic mass is 10.1. The van der Waals surface area contributed by atoms with E-state index in [0.717, 1.165) is 11.3 Å². The number of ketones is 1. The van der Waals surface area contributed by atoms with Gasteiger partial charge in [0, 0.05) is 18.0 Å². The summed E-state index contributed by atoms with van der Waals surface area (Å²) in [7, 11) is 0. The molecule has 1 amide bonds. The molecular weight excluding hydrogens is 330 g/mol. The Balaban J connectivity index is 1.49. The van der Waals surface area contributed by atoms with Crippen molar-refractivity contribution in [2.75, 3.05) is 11.9 Å². The molecule has 6 nitrogen and oxygen atoms in total. The van der Waals surface area contributed by atoms with Crippen LogP contribution in [0.5, 0.6) is 5.75 Å². The number of allylic oxidation sites excluding steroid dienone is 1. The van der Waals surface area contributed by atoms with Crippen LogP contribution >= 0.6 is 0 Å². The summed E-state index contributed by atoms with van der Waals surface area (Å²) in [5.41, 5.74) is 2.86. The second-order valence-corrected chi connectivity index (χ2v) is 5.79. The van der Waals surface area contributed by atoms with Crippen molar-refractivity contribution >= 4 is 23.5 Å². The molecule has 2 heterocycles. The molecule has 0 spiro atoms. The van der Waals surface area contributed by atoms with Crippen LogP contribution < -0.4 is 10.1 Å². The van der Waals surface area contributed by atoms with Crippen LogP contribution in [0.4, 0.5) is 5.69 Å². The second kappa shape index (κ2) is 6.68. The Kier molecular flexibility index (Phi) is 4.07. The lowest BCUT2D eigenvalue weighted by molar-refractivity contribution is -0.118. The fraction of sp³-hybridized carbons (Fsp3) is 0.0500. The number of hydrogen-bond acceptors (Lipinski definition) is 4. The quantitative estimate of drug-likeness (QED) is 0.582. The maximum atomic E-state index is 12.4. The van der Waals surface area contributed by atoms with Gasteiger partial charge in [-0.05, 0) is 48.0 Å². The predicted octanol–water partition coefficient (Wildman–Crippen LogP) is 3.10. The van der Waals surface area contributed by atoms with Gasteiger partial charge in [-0.1, -0.05) is 18.2 Å². The number of rotatable bonds is 4. The molecule has 0 unspecified atom stereocenters. The van der Waals surface area contributed by atoms with E-state index in [2.05, 4.69) is 10.4 Å². The van der Waals surface area contributed by atoms with Gasteiger partial charge in [0.15, 0.2) is 12.4 Å². The van der Waals surface area contributed by atoms with E-state index in [1.54, 1.807) is 35.2 Å². The normalized spacial score (nSPS) is 13.2. The summed E-state index contributed by atoms with van der Waals surface area (Å²) in [6.45, 7) is -0.00524. The summed E-state index contributed by atoms with van der Waals surface area (Å²) < 4.78 is 7.06. The van der Waals surface area contributed by atoms with Crippen LogP contribution in [0.3, 0.4) is 0 Å². The lowest BCUT2D eigenvalue weighted by Crippen LogP contribution is -2.25. The molecule has 0 saturated heterocycles. The third kappa shape index (κ3) is 3.25. The molecule has 0 atom stereocenters. The molecular formula is C20H15N3O3. The minimum atomic E-state index is -0.227. The summed E-state index contributed by atoms with van der Waals surface area (Å²) >= 11 is 0. The number of nitrogens with one attached hydrogen (secondary N) is 1. The first-order valence-corrected chi connectivity index (χ1v) is 8.08. The van der Waals surface area contributed by atoms with Crippen molar-refractivity contribution in [3.63, 3.8) is 0 Å². The molecule has 1 aromatic heterocycles. The van der Waals surface area contributed by atoms with Gasteiger partial charge in [0.25, 0.3) is 5.91 Å². The number of carbonyl (C=O) groups is 2. The van der Waals surface area contributed by atoms with Gasteiger partial charge < -0.3 is 10.1 Å². The van der Waals surface area contributed by atoms with Crippen molar-refractivity contribution in [2.24, 2.45) is 0 Å². The van der Waals surface area contributed by atoms with Gasteiger partial charge in [-0.3, -0.25) is 9.59 Å². The van der Waals surface area contributed by atoms with E-state index < -0.39 is 0 Å². The van der Waals surface area contributed by atoms with Gasteiger partial charge in [0.1, 0.15) is 5.75 Å². The molecule has 1 aliphatic heterocycles. The highest BCUT2D eigenvalue weighted by Gasteiger charge is 2.17. The molecule has 2 aromatic carbocycles. The molecule has 0 radical (unpaired) electrons. The van der Waals surface area contributed by atoms with E-state index in [-0.39, 0.29) is 18.3 Å². The Morgan fingerprint density at radius 3 is 2.81 bits per heavy atom. The number of benzene rings is 2. The van der Waals surface area contributed by atoms with Gasteiger partial charge in [-0.15, -0.1) is 0 Å². The van der Waals surface area contributed by atoms with Crippen molar-refractivity contribution in [1.29, 1.82) is 0 Å². The number of aromatic nitrogens is 2. The van der Waals surface area contributed by atoms with Crippen LogP contribution in [0.25, 0.3) is 11.8 Å². The van der Waals surface area contributed by atoms with Crippen molar-refractivity contribution in [3.05, 3.63) is 78.1 Å². The van der Waals surface area contributed by atoms with Gasteiger partial charge in [0.2, 0.25) is 0 Å². The SMILES string of the molecule is O=C1COc2ccc(C(=O)C=Cc3ccc(-n4cccn4)cc3)cc2N1. The highest BCUT2D eigenvalue weighted by atomic mass is 16.5. The first kappa shape index (κ1) is 15.8. The number of fused-ring (bicyclic) bond motifs is 1. The molecule has 1 aliphatic rings. The zero-order chi connectivity index (χ0) is 17.9. The van der Waals surface area contributed by atoms with Crippen LogP contribution in [0.2, 0.25) is 0 Å². The molecule has 6 heteroatoms. The zero-order valence-corrected chi connectivity index (χ0v) is 13.8. The molecule has 0 aliphatic carbocycles. The summed E-state index contributed by atoms with van der Waals surface area (Å²) in [5.74, 6) is 0.193. The maximum Gasteiger partial charge on any atom is 0.262 e. The second-order valence-electron chi connectivity index (χ2n) is 5.79. The van der Waals surface area contributed by atoms with Crippen molar-refractivity contribution in [3.8, 4) is 11.4 Å². The molecule has 1 N–H and O–H groups in total. The van der Waals surface area contributed by atoms with Crippen molar-refractivity contribution < 1.29 is 14.3 Å². The topological polar surface area (TPSA) is 73.2 Å². The largest absolute Gasteiger partial charge is 0.482 e. The van der Waals surface area contributed by atoms with Crippen LogP contribution in [0.1, 0.15) is 15.9 Å². The minimum absolute atomic E-state index is 0.00524. The van der Waals surface area contributed by atoms with Crippen molar-refractivity contribution in [1.82, 2.24) is 9.78 Å². The van der Waals surface area contributed by atoms with Crippen LogP contribution in [0.15, 0.2) is 67.0 Å². The number of ether oxygens (including phenoxy) is 1. The van der Waals surface area contributed by atoms with Gasteiger partial charge in [-0.25, -0.2) is 4.68 Å². The monoisotopic (exact) mass is 345 g/mol. The number of anilines is 1. The van der Waals surface area contributed by atoms with E-state index >= 15 is 0 Å². The molecule has 0 bridgehead atoms. The molecule has 26 heavy (non-hydrogen) atoms. The number of carbonyl (C=O) groups excluding carboxylic acids is 2. The average Bonchev–Trinajstić information content (AvgIpc) is 3.20. The number of nitrogens with zero attached hydrogens (tertiary/aromatic N) is 2. The third-order valence-corrected chi connectivity index (χ3v) is 3.99. The van der Waals surface area contributed by atoms with Gasteiger partial charge >= 0.3 is 0 Å². The Hall–Kier alpha value is -3.67. The Morgan fingerprint density at radius 1 is 1.19 bits per heavy atom. The molecule has 128 valence electrons. The van der Waals surface area contributed by atoms with E-state index in [4.69, 9.17) is 4.74 Å². The number of hydrogen-bond donors (Lipinski definition) is 1. The fourth-order valence-electron chi connectivity index (χ4n) is 2.66. The van der Waals surface area contributed by atoms with Crippen LogP contribution in [-0.4, -0.2) is 28.1 Å². The summed E-state index contributed by atoms with van der Waals surface area (Å²) in [6, 6.07) is 14.6. The number of amides is 1. The zero-order valence-electron chi connectivity index (χ0n) is 13.8. The standard InChI is InChI=1S/C20H15N3O3/c24-18(15-5-9-19-17(12-15)22-20(25)13-26-19)8-4-14-2-6-16(7-3-14)23-11-1-10-21-23/h1-12H,13H2,(H,22,25). The molecule has 4 rings (SSSR count). The van der Waals surface area contributed by atoms with Crippen molar-refractivity contribution in [2.45, 2.75) is 0 Å². The van der Waals surface area contributed by atoms with E-state index in [9.17, 15) is 9.59 Å². The van der Waals surface area contributed by atoms with E-state index in [0.29, 0.717) is 17.0 Å². The minimum Gasteiger partial charge on any atom is -0.482 e. The Bertz CT molecular complexity index is 990. The van der Waals surface area contributed by atoms with E-state index in [1.807, 2.05) is 36.5 Å². The van der Waals surface area contributed by atoms with Gasteiger partial charge in [0.05, 0.1) is 11.4 Å². The Morgan fingerprint density at radius 2 is 2.04 bits per heavy atom. The van der Waals surface area contributed by atoms with Gasteiger partial charge in [-0.2, -0.15) is 5.10 Å². The third-order valence-electron chi connectivity index (χ3n) is 3.99. The fourth-order valence-corrected chi connectivity index (χ4v) is 2.66. The summed E-state index contributed by atoms with van der Waals surface area (Å²) in [4.78, 5) is 23.8. The predicted molar refractivity (Wildman–Crippen MR) is 97.5 cm³/mol.